The Hall–Kier alpha value is -8.01. The van der Waals surface area contributed by atoms with Crippen LogP contribution in [0.15, 0.2) is 47.3 Å². The van der Waals surface area contributed by atoms with Gasteiger partial charge in [0.05, 0.1) is 47.6 Å². The Balaban J connectivity index is 0.775. The van der Waals surface area contributed by atoms with Crippen molar-refractivity contribution in [3.05, 3.63) is 97.6 Å². The van der Waals surface area contributed by atoms with Crippen LogP contribution in [-0.4, -0.2) is 97.8 Å². The lowest BCUT2D eigenvalue weighted by Gasteiger charge is -2.31. The molecule has 0 saturated carbocycles. The summed E-state index contributed by atoms with van der Waals surface area (Å²) in [5.41, 5.74) is 2.25. The first-order chi connectivity index (χ1) is 37.9. The van der Waals surface area contributed by atoms with Crippen molar-refractivity contribution in [3.63, 3.8) is 0 Å². The normalized spacial score (nSPS) is 17.3. The average Bonchev–Trinajstić information content (AvgIpc) is 4.23. The van der Waals surface area contributed by atoms with Crippen molar-refractivity contribution in [2.45, 2.75) is 160 Å². The topological polar surface area (TPSA) is 296 Å². The van der Waals surface area contributed by atoms with Crippen LogP contribution in [0.5, 0.6) is 0 Å². The Labute approximate surface area is 453 Å². The Bertz CT molecular complexity index is 3180. The summed E-state index contributed by atoms with van der Waals surface area (Å²) in [5.74, 6) is -5.55. The molecule has 0 bridgehead atoms. The lowest BCUT2D eigenvalue weighted by molar-refractivity contribution is -0.197. The molecule has 0 radical (unpaired) electrons. The van der Waals surface area contributed by atoms with E-state index in [-0.39, 0.29) is 126 Å². The van der Waals surface area contributed by atoms with Crippen LogP contribution in [0.3, 0.4) is 0 Å². The molecule has 22 heteroatoms. The number of rotatable bonds is 26. The molecule has 3 atom stereocenters. The Morgan fingerprint density at radius 3 is 2.24 bits per heavy atom. The van der Waals surface area contributed by atoms with Crippen LogP contribution in [0.4, 0.5) is 4.39 Å². The predicted molar refractivity (Wildman–Crippen MR) is 279 cm³/mol. The Morgan fingerprint density at radius 1 is 0.810 bits per heavy atom. The van der Waals surface area contributed by atoms with E-state index in [1.165, 1.54) is 10.6 Å². The first-order valence-electron chi connectivity index (χ1n) is 26.9. The number of aryl methyl sites for hydroxylation is 1. The highest BCUT2D eigenvalue weighted by molar-refractivity contribution is 6.01. The number of nitrogens with one attached hydrogen (secondary N) is 4. The molecule has 1 unspecified atom stereocenters. The fraction of sp³-hybridized carbons (Fsp3) is 0.474. The van der Waals surface area contributed by atoms with Gasteiger partial charge in [-0.2, -0.15) is 0 Å². The van der Waals surface area contributed by atoms with E-state index in [0.717, 1.165) is 11.1 Å². The molecule has 79 heavy (non-hydrogen) atoms. The van der Waals surface area contributed by atoms with Crippen molar-refractivity contribution in [2.24, 2.45) is 0 Å². The van der Waals surface area contributed by atoms with Crippen molar-refractivity contribution in [2.75, 3.05) is 13.1 Å². The highest BCUT2D eigenvalue weighted by Crippen LogP contribution is 2.46. The third-order valence-electron chi connectivity index (χ3n) is 15.1. The van der Waals surface area contributed by atoms with E-state index in [1.54, 1.807) is 50.2 Å². The molecule has 21 nitrogen and oxygen atoms in total. The molecule has 8 rings (SSSR count). The number of halogens is 1. The molecular weight excluding hydrogens is 1030 g/mol. The maximum absolute atomic E-state index is 15.4. The first kappa shape index (κ1) is 57.2. The Kier molecular flexibility index (Phi) is 18.2. The molecule has 5 heterocycles. The molecule has 2 aromatic carbocycles. The number of ether oxygens (including phenoxy) is 1. The van der Waals surface area contributed by atoms with E-state index < -0.39 is 76.2 Å². The number of carbonyl (C=O) groups is 10. The zero-order valence-electron chi connectivity index (χ0n) is 44.2. The third-order valence-corrected chi connectivity index (χ3v) is 15.1. The van der Waals surface area contributed by atoms with Crippen molar-refractivity contribution in [3.8, 4) is 11.4 Å². The zero-order chi connectivity index (χ0) is 56.5. The lowest BCUT2D eigenvalue weighted by Crippen LogP contribution is -2.44. The van der Waals surface area contributed by atoms with Crippen LogP contribution in [-0.2, 0) is 89.1 Å². The average molecular weight is 1090 g/mol. The quantitative estimate of drug-likeness (QED) is 0.0297. The number of carbonyl (C=O) groups excluding carboxylic acids is 10. The van der Waals surface area contributed by atoms with Crippen LogP contribution < -0.4 is 26.8 Å². The smallest absolute Gasteiger partial charge is 0.343 e. The fourth-order valence-corrected chi connectivity index (χ4v) is 10.6. The van der Waals surface area contributed by atoms with Crippen LogP contribution in [0.25, 0.3) is 22.3 Å². The molecule has 418 valence electrons. The summed E-state index contributed by atoms with van der Waals surface area (Å²) in [6.07, 6.45) is 2.71. The summed E-state index contributed by atoms with van der Waals surface area (Å²) in [4.78, 5) is 150. The minimum atomic E-state index is -2.04. The number of esters is 1. The number of Topliss-reactive ketones (excluding diaryl/α,β-unsaturated/α-hetero) is 2. The SMILES string of the molecule is CC[C@@]1(O)C(=O)OCc2c1cc1n(c2=O)Cc2c-1nc1cc(F)c(C)c3c1c2[C@@H](NC(=O)CCCNC(=O)CCC(=O)C(Cc1ccccc1)NC(=O)CCC(=O)CNC(=O)CCCCCCC(=O)ON1C(=O)CCC1=O)CC3. The standard InChI is InChI=1S/C57H64FN7O14/c1-3-57(77)38-27-43-54-36(30-64(43)55(75)37(38)31-78-56(57)76)53-40(19-18-35-32(2)39(58)28-42(63-54)52(35)53)61-47(70)15-11-25-59-46(69)22-20-44(67)41(26-33-12-7-6-8-13-33)62-48(71)21-17-34(66)29-60-45(68)14-9-4-5-10-16-51(74)79-65-49(72)23-24-50(65)73/h6-8,12-13,27-28,40-41,77H,3-5,9-11,14-26,29-31H2,1-2H3,(H,59,69)(H,60,68)(H,61,70)(H,62,71)/t40-,41?,57-/m0/s1. The molecule has 1 aliphatic carbocycles. The maximum atomic E-state index is 15.4. The van der Waals surface area contributed by atoms with Gasteiger partial charge in [0, 0.05) is 86.9 Å². The van der Waals surface area contributed by atoms with Gasteiger partial charge in [-0.3, -0.25) is 43.2 Å². The molecular formula is C57H64FN7O14. The van der Waals surface area contributed by atoms with Crippen LogP contribution in [0, 0.1) is 12.7 Å². The number of hydroxylamine groups is 2. The number of hydrogen-bond acceptors (Lipinski definition) is 15. The van der Waals surface area contributed by atoms with Gasteiger partial charge in [0.25, 0.3) is 17.4 Å². The zero-order valence-corrected chi connectivity index (χ0v) is 44.2. The Morgan fingerprint density at radius 2 is 1.51 bits per heavy atom. The van der Waals surface area contributed by atoms with Gasteiger partial charge >= 0.3 is 11.9 Å². The number of ketones is 2. The number of nitrogens with zero attached hydrogens (tertiary/aromatic N) is 3. The van der Waals surface area contributed by atoms with Gasteiger partial charge < -0.3 is 40.5 Å². The van der Waals surface area contributed by atoms with Gasteiger partial charge in [-0.25, -0.2) is 19.0 Å². The van der Waals surface area contributed by atoms with Crippen LogP contribution >= 0.6 is 0 Å². The summed E-state index contributed by atoms with van der Waals surface area (Å²) in [6.45, 7) is 2.92. The van der Waals surface area contributed by atoms with Crippen molar-refractivity contribution >= 4 is 69.9 Å². The summed E-state index contributed by atoms with van der Waals surface area (Å²) in [7, 11) is 0. The third kappa shape index (κ3) is 13.1. The summed E-state index contributed by atoms with van der Waals surface area (Å²) < 4.78 is 22.1. The van der Waals surface area contributed by atoms with E-state index in [4.69, 9.17) is 14.6 Å². The fourth-order valence-electron chi connectivity index (χ4n) is 10.6. The van der Waals surface area contributed by atoms with Crippen molar-refractivity contribution < 1.29 is 67.0 Å². The van der Waals surface area contributed by atoms with E-state index in [1.807, 2.05) is 0 Å². The summed E-state index contributed by atoms with van der Waals surface area (Å²) in [5, 5.41) is 23.7. The summed E-state index contributed by atoms with van der Waals surface area (Å²) in [6, 6.07) is 10.4. The molecule has 4 aliphatic rings. The number of unbranched alkanes of at least 4 members (excludes halogenated alkanes) is 3. The molecule has 1 saturated heterocycles. The highest BCUT2D eigenvalue weighted by Gasteiger charge is 2.46. The maximum Gasteiger partial charge on any atom is 0.343 e. The number of benzene rings is 2. The second-order valence-corrected chi connectivity index (χ2v) is 20.5. The number of hydrogen-bond donors (Lipinski definition) is 5. The predicted octanol–water partition coefficient (Wildman–Crippen LogP) is 4.02. The molecule has 0 spiro atoms. The minimum Gasteiger partial charge on any atom is -0.458 e. The first-order valence-corrected chi connectivity index (χ1v) is 26.9. The molecule has 1 fully saturated rings. The highest BCUT2D eigenvalue weighted by atomic mass is 19.1. The van der Waals surface area contributed by atoms with Gasteiger partial charge in [0.1, 0.15) is 12.4 Å². The molecule has 6 amide bonds. The number of amides is 6. The van der Waals surface area contributed by atoms with Crippen molar-refractivity contribution in [1.29, 1.82) is 0 Å². The number of imide groups is 1. The van der Waals surface area contributed by atoms with Gasteiger partial charge in [-0.15, -0.1) is 5.06 Å². The van der Waals surface area contributed by atoms with Gasteiger partial charge in [0.15, 0.2) is 17.2 Å². The van der Waals surface area contributed by atoms with Gasteiger partial charge in [0.2, 0.25) is 23.6 Å². The number of pyridine rings is 2. The van der Waals surface area contributed by atoms with Crippen LogP contribution in [0.1, 0.15) is 155 Å². The molecule has 5 N–H and O–H groups in total. The van der Waals surface area contributed by atoms with E-state index >= 15 is 4.39 Å². The van der Waals surface area contributed by atoms with E-state index in [9.17, 15) is 57.8 Å². The summed E-state index contributed by atoms with van der Waals surface area (Å²) >= 11 is 0. The second kappa shape index (κ2) is 25.2. The number of cyclic esters (lactones) is 1. The number of aliphatic hydroxyl groups is 1. The number of fused-ring (bicyclic) bond motifs is 5. The van der Waals surface area contributed by atoms with Crippen LogP contribution in [0.2, 0.25) is 0 Å². The van der Waals surface area contributed by atoms with Crippen molar-refractivity contribution in [1.82, 2.24) is 35.9 Å². The molecule has 2 aromatic heterocycles. The molecule has 4 aromatic rings. The van der Waals surface area contributed by atoms with Gasteiger partial charge in [-0.05, 0) is 80.2 Å². The van der Waals surface area contributed by atoms with Gasteiger partial charge in [-0.1, -0.05) is 50.1 Å². The molecule has 3 aliphatic heterocycles. The van der Waals surface area contributed by atoms with E-state index in [0.29, 0.717) is 82.6 Å². The van der Waals surface area contributed by atoms with E-state index in [2.05, 4.69) is 21.3 Å². The largest absolute Gasteiger partial charge is 0.458 e. The lowest BCUT2D eigenvalue weighted by atomic mass is 9.81. The number of aromatic nitrogens is 2. The second-order valence-electron chi connectivity index (χ2n) is 20.5. The minimum absolute atomic E-state index is 0.00658. The monoisotopic (exact) mass is 1090 g/mol.